The summed E-state index contributed by atoms with van der Waals surface area (Å²) in [6.45, 7) is 5.03. The van der Waals surface area contributed by atoms with Gasteiger partial charge in [-0.15, -0.1) is 0 Å². The van der Waals surface area contributed by atoms with Crippen molar-refractivity contribution in [3.05, 3.63) is 59.7 Å². The quantitative estimate of drug-likeness (QED) is 0.0755. The highest BCUT2D eigenvalue weighted by Gasteiger charge is 2.31. The van der Waals surface area contributed by atoms with E-state index in [0.717, 1.165) is 61.2 Å². The number of unbranched alkanes of at least 4 members (excludes halogenated alkanes) is 2. The second kappa shape index (κ2) is 21.8. The maximum atomic E-state index is 13.4. The Balaban J connectivity index is 1.48. The van der Waals surface area contributed by atoms with Gasteiger partial charge >= 0.3 is 6.09 Å². The molecule has 264 valence electrons. The fourth-order valence-corrected chi connectivity index (χ4v) is 5.75. The summed E-state index contributed by atoms with van der Waals surface area (Å²) < 4.78 is 5.65. The second-order valence-electron chi connectivity index (χ2n) is 12.0. The van der Waals surface area contributed by atoms with Gasteiger partial charge in [-0.1, -0.05) is 48.5 Å². The Labute approximate surface area is 283 Å². The molecule has 0 fully saturated rings. The van der Waals surface area contributed by atoms with E-state index in [1.807, 2.05) is 36.4 Å². The number of primary amides is 1. The van der Waals surface area contributed by atoms with Crippen molar-refractivity contribution >= 4 is 23.8 Å². The third-order valence-electron chi connectivity index (χ3n) is 8.28. The first-order chi connectivity index (χ1) is 23.3. The summed E-state index contributed by atoms with van der Waals surface area (Å²) in [6.07, 6.45) is 4.07. The molecular formula is C35H54N8O5. The summed E-state index contributed by atoms with van der Waals surface area (Å²) in [5, 5.41) is 14.7. The van der Waals surface area contributed by atoms with Crippen LogP contribution in [0.5, 0.6) is 0 Å². The van der Waals surface area contributed by atoms with Crippen LogP contribution in [0.2, 0.25) is 0 Å². The number of nitrogens with one attached hydrogen (secondary N) is 5. The molecule has 4 amide bonds. The number of alkyl carbamates (subject to hydrolysis) is 1. The number of nitrogens with two attached hydrogens (primary N) is 3. The van der Waals surface area contributed by atoms with Crippen LogP contribution < -0.4 is 43.8 Å². The first-order valence-corrected chi connectivity index (χ1v) is 17.1. The van der Waals surface area contributed by atoms with E-state index in [2.05, 4.69) is 38.7 Å². The van der Waals surface area contributed by atoms with E-state index in [9.17, 15) is 19.2 Å². The number of carbonyl (C=O) groups excluding carboxylic acids is 4. The molecule has 3 rings (SSSR count). The van der Waals surface area contributed by atoms with Crippen molar-refractivity contribution in [3.63, 3.8) is 0 Å². The van der Waals surface area contributed by atoms with Crippen LogP contribution in [-0.4, -0.2) is 88.3 Å². The lowest BCUT2D eigenvalue weighted by Crippen LogP contribution is -2.55. The van der Waals surface area contributed by atoms with Gasteiger partial charge in [0.15, 0.2) is 0 Å². The number of benzene rings is 2. The first-order valence-electron chi connectivity index (χ1n) is 17.1. The van der Waals surface area contributed by atoms with E-state index < -0.39 is 35.9 Å². The monoisotopic (exact) mass is 666 g/mol. The van der Waals surface area contributed by atoms with Crippen LogP contribution in [0.1, 0.15) is 68.4 Å². The zero-order valence-corrected chi connectivity index (χ0v) is 27.9. The molecule has 13 heteroatoms. The highest BCUT2D eigenvalue weighted by Crippen LogP contribution is 2.44. The van der Waals surface area contributed by atoms with Crippen LogP contribution in [0.4, 0.5) is 4.79 Å². The van der Waals surface area contributed by atoms with Gasteiger partial charge in [-0.2, -0.15) is 0 Å². The van der Waals surface area contributed by atoms with Gasteiger partial charge in [0.1, 0.15) is 18.7 Å². The van der Waals surface area contributed by atoms with Gasteiger partial charge in [0.05, 0.1) is 6.42 Å². The fourth-order valence-electron chi connectivity index (χ4n) is 5.75. The largest absolute Gasteiger partial charge is 0.449 e. The third kappa shape index (κ3) is 12.9. The van der Waals surface area contributed by atoms with Crippen molar-refractivity contribution in [1.29, 1.82) is 0 Å². The minimum absolute atomic E-state index is 0.0883. The lowest BCUT2D eigenvalue weighted by molar-refractivity contribution is -0.132. The molecule has 0 bridgehead atoms. The highest BCUT2D eigenvalue weighted by molar-refractivity contribution is 5.94. The number of ether oxygens (including phenoxy) is 1. The van der Waals surface area contributed by atoms with Gasteiger partial charge in [0, 0.05) is 12.5 Å². The summed E-state index contributed by atoms with van der Waals surface area (Å²) in [5.41, 5.74) is 20.9. The maximum Gasteiger partial charge on any atom is 0.407 e. The number of rotatable bonds is 24. The average molecular weight is 667 g/mol. The van der Waals surface area contributed by atoms with Gasteiger partial charge in [-0.25, -0.2) is 4.79 Å². The van der Waals surface area contributed by atoms with E-state index in [0.29, 0.717) is 45.4 Å². The molecule has 0 radical (unpaired) electrons. The van der Waals surface area contributed by atoms with Crippen molar-refractivity contribution < 1.29 is 23.9 Å². The van der Waals surface area contributed by atoms with Crippen LogP contribution in [0.3, 0.4) is 0 Å². The second-order valence-corrected chi connectivity index (χ2v) is 12.0. The maximum absolute atomic E-state index is 13.4. The highest BCUT2D eigenvalue weighted by atomic mass is 16.5. The lowest BCUT2D eigenvalue weighted by atomic mass is 9.98. The molecule has 2 atom stereocenters. The minimum atomic E-state index is -1.18. The van der Waals surface area contributed by atoms with Crippen LogP contribution in [0, 0.1) is 0 Å². The number of hydrogen-bond acceptors (Lipinski definition) is 9. The summed E-state index contributed by atoms with van der Waals surface area (Å²) in [6, 6.07) is 13.8. The molecule has 0 spiro atoms. The lowest BCUT2D eigenvalue weighted by Gasteiger charge is -2.23. The van der Waals surface area contributed by atoms with Crippen molar-refractivity contribution in [1.82, 2.24) is 26.6 Å². The SMILES string of the molecule is NCCCCC(NC(=O)OCC1c2ccccc2-c2ccccc21)C(=O)NC(CC(N)=O)C(=O)NCCCNCCCCNCCCN. The van der Waals surface area contributed by atoms with Gasteiger partial charge in [-0.3, -0.25) is 14.4 Å². The Morgan fingerprint density at radius 1 is 0.667 bits per heavy atom. The molecule has 2 aromatic rings. The van der Waals surface area contributed by atoms with Gasteiger partial charge in [0.2, 0.25) is 17.7 Å². The zero-order valence-electron chi connectivity index (χ0n) is 27.9. The number of amides is 4. The summed E-state index contributed by atoms with van der Waals surface area (Å²) in [7, 11) is 0. The Hall–Kier alpha value is -4.04. The molecule has 2 aromatic carbocycles. The molecule has 0 saturated carbocycles. The Morgan fingerprint density at radius 2 is 1.25 bits per heavy atom. The smallest absolute Gasteiger partial charge is 0.407 e. The van der Waals surface area contributed by atoms with Gasteiger partial charge < -0.3 is 48.5 Å². The predicted octanol–water partition coefficient (Wildman–Crippen LogP) is 1.20. The van der Waals surface area contributed by atoms with Crippen LogP contribution in [0.25, 0.3) is 11.1 Å². The summed E-state index contributed by atoms with van der Waals surface area (Å²) in [5.74, 6) is -2.01. The van der Waals surface area contributed by atoms with Crippen LogP contribution >= 0.6 is 0 Å². The fraction of sp³-hybridized carbons (Fsp3) is 0.543. The Morgan fingerprint density at radius 3 is 1.85 bits per heavy atom. The molecule has 0 saturated heterocycles. The molecule has 1 aliphatic carbocycles. The number of fused-ring (bicyclic) bond motifs is 3. The molecule has 0 heterocycles. The zero-order chi connectivity index (χ0) is 34.6. The van der Waals surface area contributed by atoms with Crippen LogP contribution in [-0.2, 0) is 19.1 Å². The Bertz CT molecular complexity index is 1260. The third-order valence-corrected chi connectivity index (χ3v) is 8.28. The molecule has 2 unspecified atom stereocenters. The standard InChI is InChI=1S/C35H54N8O5/c36-16-6-5-15-30(43-35(47)48-24-29-27-13-3-1-11-25(27)26-12-2-4-14-28(26)29)34(46)42-31(23-32(38)44)33(45)41-22-10-21-40-19-8-7-18-39-20-9-17-37/h1-4,11-14,29-31,39-40H,5-10,15-24,36-37H2,(H2,38,44)(H,41,45)(H,42,46)(H,43,47). The van der Waals surface area contributed by atoms with Crippen molar-refractivity contribution in [2.24, 2.45) is 17.2 Å². The average Bonchev–Trinajstić information content (AvgIpc) is 3.40. The van der Waals surface area contributed by atoms with Crippen LogP contribution in [0.15, 0.2) is 48.5 Å². The predicted molar refractivity (Wildman–Crippen MR) is 187 cm³/mol. The molecule has 48 heavy (non-hydrogen) atoms. The molecule has 11 N–H and O–H groups in total. The Kier molecular flexibility index (Phi) is 17.4. The molecule has 0 aromatic heterocycles. The van der Waals surface area contributed by atoms with E-state index >= 15 is 0 Å². The summed E-state index contributed by atoms with van der Waals surface area (Å²) in [4.78, 5) is 51.1. The van der Waals surface area contributed by atoms with Crippen molar-refractivity contribution in [2.45, 2.75) is 69.4 Å². The number of carbonyl (C=O) groups is 4. The molecular weight excluding hydrogens is 612 g/mol. The number of hydrogen-bond donors (Lipinski definition) is 8. The van der Waals surface area contributed by atoms with E-state index in [1.54, 1.807) is 0 Å². The first kappa shape index (κ1) is 38.4. The van der Waals surface area contributed by atoms with Crippen molar-refractivity contribution in [2.75, 3.05) is 52.4 Å². The minimum Gasteiger partial charge on any atom is -0.449 e. The van der Waals surface area contributed by atoms with E-state index in [1.165, 1.54) is 0 Å². The van der Waals surface area contributed by atoms with E-state index in [-0.39, 0.29) is 25.4 Å². The van der Waals surface area contributed by atoms with Gasteiger partial charge in [-0.05, 0) is 106 Å². The molecule has 0 aliphatic heterocycles. The van der Waals surface area contributed by atoms with Crippen molar-refractivity contribution in [3.8, 4) is 11.1 Å². The van der Waals surface area contributed by atoms with E-state index in [4.69, 9.17) is 21.9 Å². The summed E-state index contributed by atoms with van der Waals surface area (Å²) >= 11 is 0. The topological polar surface area (TPSA) is 216 Å². The molecule has 1 aliphatic rings. The van der Waals surface area contributed by atoms with Gasteiger partial charge in [0.25, 0.3) is 0 Å². The normalized spacial score (nSPS) is 13.2. The molecule has 13 nitrogen and oxygen atoms in total.